The molecule has 0 amide bonds. The summed E-state index contributed by atoms with van der Waals surface area (Å²) in [5.74, 6) is 0.150. The van der Waals surface area contributed by atoms with Crippen molar-refractivity contribution in [3.05, 3.63) is 22.8 Å². The molecule has 0 radical (unpaired) electrons. The molecule has 2 aromatic rings. The van der Waals surface area contributed by atoms with Crippen LogP contribution in [-0.4, -0.2) is 43.1 Å². The number of hydrogen-bond acceptors (Lipinski definition) is 6. The lowest BCUT2D eigenvalue weighted by Crippen LogP contribution is -2.14. The molecule has 0 N–H and O–H groups in total. The van der Waals surface area contributed by atoms with Crippen LogP contribution >= 0.6 is 0 Å². The van der Waals surface area contributed by atoms with Gasteiger partial charge in [-0.25, -0.2) is 4.68 Å². The molecule has 8 nitrogen and oxygen atoms in total. The van der Waals surface area contributed by atoms with Crippen LogP contribution in [0.25, 0.3) is 0 Å². The van der Waals surface area contributed by atoms with Crippen molar-refractivity contribution >= 4 is 5.97 Å². The van der Waals surface area contributed by atoms with E-state index in [0.29, 0.717) is 6.54 Å². The second kappa shape index (κ2) is 6.67. The maximum absolute atomic E-state index is 11.8. The second-order valence-electron chi connectivity index (χ2n) is 5.31. The number of ether oxygens (including phenoxy) is 1. The van der Waals surface area contributed by atoms with Crippen LogP contribution in [-0.2, 0) is 22.6 Å². The Morgan fingerprint density at radius 1 is 1.32 bits per heavy atom. The summed E-state index contributed by atoms with van der Waals surface area (Å²) in [5.41, 5.74) is 2.66. The van der Waals surface area contributed by atoms with Gasteiger partial charge in [-0.1, -0.05) is 6.92 Å². The van der Waals surface area contributed by atoms with Gasteiger partial charge in [0.05, 0.1) is 18.7 Å². The van der Waals surface area contributed by atoms with Crippen LogP contribution < -0.4 is 0 Å². The lowest BCUT2D eigenvalue weighted by atomic mass is 9.99. The minimum atomic E-state index is -0.342. The summed E-state index contributed by atoms with van der Waals surface area (Å²) in [6.45, 7) is 9.00. The molecular formula is C14H22N6O2. The molecule has 0 fully saturated rings. The lowest BCUT2D eigenvalue weighted by molar-refractivity contribution is -0.142. The van der Waals surface area contributed by atoms with Gasteiger partial charge in [-0.3, -0.25) is 9.48 Å². The van der Waals surface area contributed by atoms with Gasteiger partial charge < -0.3 is 4.74 Å². The van der Waals surface area contributed by atoms with E-state index in [1.54, 1.807) is 4.68 Å². The Morgan fingerprint density at radius 2 is 2.05 bits per heavy atom. The number of nitrogens with zero attached hydrogens (tertiary/aromatic N) is 6. The third-order valence-corrected chi connectivity index (χ3v) is 3.76. The van der Waals surface area contributed by atoms with Crippen LogP contribution in [0.2, 0.25) is 0 Å². The standard InChI is InChI=1S/C14H22N6O2/c1-6-7-19-12(15-17-18-19)8-20-11(4)13(10(3)16-20)9(2)14(21)22-5/h9H,6-8H2,1-5H3/t9-/m0/s1. The van der Waals surface area contributed by atoms with Gasteiger partial charge in [0, 0.05) is 17.8 Å². The quantitative estimate of drug-likeness (QED) is 0.746. The first kappa shape index (κ1) is 16.1. The Kier molecular flexibility index (Phi) is 4.89. The van der Waals surface area contributed by atoms with Crippen molar-refractivity contribution < 1.29 is 9.53 Å². The normalized spacial score (nSPS) is 12.4. The SMILES string of the molecule is CCCn1nnnc1Cn1nc(C)c([C@H](C)C(=O)OC)c1C. The Labute approximate surface area is 129 Å². The molecule has 1 atom stereocenters. The average molecular weight is 306 g/mol. The maximum atomic E-state index is 11.8. The summed E-state index contributed by atoms with van der Waals surface area (Å²) in [6.07, 6.45) is 0.958. The van der Waals surface area contributed by atoms with Crippen LogP contribution in [0.3, 0.4) is 0 Å². The van der Waals surface area contributed by atoms with E-state index in [2.05, 4.69) is 27.5 Å². The number of carbonyl (C=O) groups excluding carboxylic acids is 1. The molecule has 0 aliphatic carbocycles. The van der Waals surface area contributed by atoms with E-state index in [0.717, 1.165) is 35.7 Å². The molecule has 8 heteroatoms. The molecule has 0 aromatic carbocycles. The third-order valence-electron chi connectivity index (χ3n) is 3.76. The molecule has 2 rings (SSSR count). The van der Waals surface area contributed by atoms with Crippen LogP contribution in [0, 0.1) is 13.8 Å². The van der Waals surface area contributed by atoms with Gasteiger partial charge in [0.2, 0.25) is 0 Å². The summed E-state index contributed by atoms with van der Waals surface area (Å²) >= 11 is 0. The smallest absolute Gasteiger partial charge is 0.312 e. The molecule has 0 saturated heterocycles. The van der Waals surface area contributed by atoms with Crippen LogP contribution in [0.15, 0.2) is 0 Å². The molecule has 0 saturated carbocycles. The zero-order valence-electron chi connectivity index (χ0n) is 13.7. The van der Waals surface area contributed by atoms with Crippen LogP contribution in [0.5, 0.6) is 0 Å². The van der Waals surface area contributed by atoms with Crippen molar-refractivity contribution in [3.8, 4) is 0 Å². The fraction of sp³-hybridized carbons (Fsp3) is 0.643. The lowest BCUT2D eigenvalue weighted by Gasteiger charge is -2.10. The van der Waals surface area contributed by atoms with Gasteiger partial charge in [0.15, 0.2) is 5.82 Å². The molecule has 22 heavy (non-hydrogen) atoms. The van der Waals surface area contributed by atoms with Crippen molar-refractivity contribution in [1.82, 2.24) is 30.0 Å². The van der Waals surface area contributed by atoms with Gasteiger partial charge >= 0.3 is 5.97 Å². The predicted molar refractivity (Wildman–Crippen MR) is 79.3 cm³/mol. The Hall–Kier alpha value is -2.25. The van der Waals surface area contributed by atoms with Crippen molar-refractivity contribution in [2.45, 2.75) is 53.1 Å². The van der Waals surface area contributed by atoms with Gasteiger partial charge in [0.1, 0.15) is 6.54 Å². The van der Waals surface area contributed by atoms with Crippen LogP contribution in [0.4, 0.5) is 0 Å². The number of hydrogen-bond donors (Lipinski definition) is 0. The molecule has 0 aliphatic rings. The second-order valence-corrected chi connectivity index (χ2v) is 5.31. The first-order valence-corrected chi connectivity index (χ1v) is 7.36. The molecule has 2 aromatic heterocycles. The van der Waals surface area contributed by atoms with E-state index in [9.17, 15) is 4.79 Å². The van der Waals surface area contributed by atoms with E-state index in [4.69, 9.17) is 4.74 Å². The molecule has 120 valence electrons. The van der Waals surface area contributed by atoms with Crippen molar-refractivity contribution in [2.24, 2.45) is 0 Å². The summed E-state index contributed by atoms with van der Waals surface area (Å²) in [7, 11) is 1.40. The summed E-state index contributed by atoms with van der Waals surface area (Å²) < 4.78 is 8.44. The first-order chi connectivity index (χ1) is 10.5. The fourth-order valence-corrected chi connectivity index (χ4v) is 2.64. The number of methoxy groups -OCH3 is 1. The largest absolute Gasteiger partial charge is 0.469 e. The minimum absolute atomic E-state index is 0.262. The topological polar surface area (TPSA) is 87.7 Å². The number of aromatic nitrogens is 6. The van der Waals surface area contributed by atoms with E-state index in [-0.39, 0.29) is 11.9 Å². The van der Waals surface area contributed by atoms with E-state index < -0.39 is 0 Å². The fourth-order valence-electron chi connectivity index (χ4n) is 2.64. The highest BCUT2D eigenvalue weighted by atomic mass is 16.5. The predicted octanol–water partition coefficient (Wildman–Crippen LogP) is 1.22. The van der Waals surface area contributed by atoms with Gasteiger partial charge in [0.25, 0.3) is 0 Å². The molecule has 0 spiro atoms. The zero-order chi connectivity index (χ0) is 16.3. The number of tetrazole rings is 1. The van der Waals surface area contributed by atoms with Gasteiger partial charge in [-0.2, -0.15) is 5.10 Å². The third kappa shape index (κ3) is 3.00. The zero-order valence-corrected chi connectivity index (χ0v) is 13.7. The highest BCUT2D eigenvalue weighted by molar-refractivity contribution is 5.78. The molecule has 0 aliphatic heterocycles. The van der Waals surface area contributed by atoms with Crippen LogP contribution in [0.1, 0.15) is 49.0 Å². The monoisotopic (exact) mass is 306 g/mol. The Balaban J connectivity index is 2.30. The van der Waals surface area contributed by atoms with Gasteiger partial charge in [-0.05, 0) is 37.6 Å². The van der Waals surface area contributed by atoms with Gasteiger partial charge in [-0.15, -0.1) is 5.10 Å². The van der Waals surface area contributed by atoms with E-state index in [1.165, 1.54) is 7.11 Å². The summed E-state index contributed by atoms with van der Waals surface area (Å²) in [4.78, 5) is 11.8. The molecule has 0 unspecified atom stereocenters. The minimum Gasteiger partial charge on any atom is -0.469 e. The number of esters is 1. The van der Waals surface area contributed by atoms with E-state index in [1.807, 2.05) is 25.5 Å². The van der Waals surface area contributed by atoms with Crippen molar-refractivity contribution in [3.63, 3.8) is 0 Å². The van der Waals surface area contributed by atoms with E-state index >= 15 is 0 Å². The van der Waals surface area contributed by atoms with Crippen molar-refractivity contribution in [2.75, 3.05) is 7.11 Å². The molecule has 2 heterocycles. The average Bonchev–Trinajstić information content (AvgIpc) is 3.03. The highest BCUT2D eigenvalue weighted by Crippen LogP contribution is 2.24. The maximum Gasteiger partial charge on any atom is 0.312 e. The first-order valence-electron chi connectivity index (χ1n) is 7.36. The highest BCUT2D eigenvalue weighted by Gasteiger charge is 2.24. The summed E-state index contributed by atoms with van der Waals surface area (Å²) in [6, 6.07) is 0. The number of carbonyl (C=O) groups is 1. The number of rotatable bonds is 6. The number of aryl methyl sites for hydroxylation is 2. The van der Waals surface area contributed by atoms with Crippen molar-refractivity contribution in [1.29, 1.82) is 0 Å². The molecular weight excluding hydrogens is 284 g/mol. The summed E-state index contributed by atoms with van der Waals surface area (Å²) in [5, 5.41) is 16.3. The molecule has 0 bridgehead atoms. The Morgan fingerprint density at radius 3 is 2.68 bits per heavy atom. The Bertz CT molecular complexity index is 660.